The highest BCUT2D eigenvalue weighted by atomic mass is 14.5. The summed E-state index contributed by atoms with van der Waals surface area (Å²) in [4.78, 5) is 0. The zero-order chi connectivity index (χ0) is 20.1. The summed E-state index contributed by atoms with van der Waals surface area (Å²) in [5, 5.41) is 0. The molecule has 1 spiro atoms. The van der Waals surface area contributed by atoms with E-state index >= 15 is 0 Å². The monoisotopic (exact) mass is 385 g/mol. The summed E-state index contributed by atoms with van der Waals surface area (Å²) < 4.78 is 0. The van der Waals surface area contributed by atoms with Crippen LogP contribution in [0.4, 0.5) is 0 Å². The lowest BCUT2D eigenvalue weighted by Crippen LogP contribution is -2.23. The van der Waals surface area contributed by atoms with Gasteiger partial charge in [0.15, 0.2) is 0 Å². The topological polar surface area (TPSA) is 26.0 Å². The normalized spacial score (nSPS) is 19.4. The van der Waals surface area contributed by atoms with Crippen LogP contribution in [0.1, 0.15) is 16.7 Å². The molecule has 3 aromatic carbocycles. The summed E-state index contributed by atoms with van der Waals surface area (Å²) >= 11 is 0. The fourth-order valence-electron chi connectivity index (χ4n) is 5.31. The summed E-state index contributed by atoms with van der Waals surface area (Å²) in [6.07, 6.45) is 16.0. The molecule has 1 atom stereocenters. The Morgan fingerprint density at radius 3 is 2.27 bits per heavy atom. The molecule has 0 saturated carbocycles. The number of fused-ring (bicyclic) bond motifs is 5. The zero-order valence-electron chi connectivity index (χ0n) is 16.8. The van der Waals surface area contributed by atoms with Gasteiger partial charge >= 0.3 is 0 Å². The Morgan fingerprint density at radius 1 is 0.767 bits per heavy atom. The highest BCUT2D eigenvalue weighted by Gasteiger charge is 2.48. The van der Waals surface area contributed by atoms with Crippen LogP contribution in [0.5, 0.6) is 0 Å². The van der Waals surface area contributed by atoms with Crippen LogP contribution in [0.3, 0.4) is 0 Å². The molecule has 0 bridgehead atoms. The minimum atomic E-state index is -0.0785. The Morgan fingerprint density at radius 2 is 1.53 bits per heavy atom. The molecule has 144 valence electrons. The maximum absolute atomic E-state index is 5.82. The molecular formula is C29H23N. The Balaban J connectivity index is 1.65. The van der Waals surface area contributed by atoms with Crippen LogP contribution in [0, 0.1) is 5.92 Å². The average molecular weight is 386 g/mol. The number of hydrogen-bond donors (Lipinski definition) is 1. The van der Waals surface area contributed by atoms with Gasteiger partial charge in [0.25, 0.3) is 0 Å². The first-order chi connectivity index (χ1) is 14.8. The minimum Gasteiger partial charge on any atom is -0.326 e. The molecule has 0 fully saturated rings. The number of allylic oxidation sites excluding steroid dienone is 8. The van der Waals surface area contributed by atoms with Gasteiger partial charge in [-0.2, -0.15) is 0 Å². The molecule has 3 aromatic rings. The van der Waals surface area contributed by atoms with Gasteiger partial charge < -0.3 is 5.73 Å². The van der Waals surface area contributed by atoms with Crippen molar-refractivity contribution in [2.75, 3.05) is 0 Å². The fourth-order valence-corrected chi connectivity index (χ4v) is 5.31. The number of nitrogens with two attached hydrogens (primary N) is 1. The lowest BCUT2D eigenvalue weighted by atomic mass is 9.75. The second kappa shape index (κ2) is 6.55. The predicted octanol–water partition coefficient (Wildman–Crippen LogP) is 6.43. The number of benzene rings is 3. The van der Waals surface area contributed by atoms with Crippen LogP contribution in [0.15, 0.2) is 109 Å². The lowest BCUT2D eigenvalue weighted by molar-refractivity contribution is 0.618. The molecule has 1 nitrogen and oxygen atoms in total. The van der Waals surface area contributed by atoms with Gasteiger partial charge in [0.1, 0.15) is 0 Å². The second-order valence-corrected chi connectivity index (χ2v) is 8.35. The number of rotatable bonds is 3. The third-order valence-corrected chi connectivity index (χ3v) is 6.79. The Bertz CT molecular complexity index is 1240. The Hall–Kier alpha value is -3.42. The second-order valence-electron chi connectivity index (χ2n) is 8.35. The third-order valence-electron chi connectivity index (χ3n) is 6.79. The molecule has 6 rings (SSSR count). The van der Waals surface area contributed by atoms with Gasteiger partial charge in [-0.3, -0.25) is 0 Å². The van der Waals surface area contributed by atoms with Crippen LogP contribution in [-0.4, -0.2) is 0 Å². The van der Waals surface area contributed by atoms with E-state index in [0.717, 1.165) is 5.56 Å². The van der Waals surface area contributed by atoms with Crippen molar-refractivity contribution < 1.29 is 0 Å². The molecule has 3 aliphatic rings. The van der Waals surface area contributed by atoms with Gasteiger partial charge in [-0.25, -0.2) is 0 Å². The highest BCUT2D eigenvalue weighted by molar-refractivity contribution is 5.95. The Labute approximate surface area is 177 Å². The largest absolute Gasteiger partial charge is 0.326 e. The van der Waals surface area contributed by atoms with E-state index in [9.17, 15) is 0 Å². The molecule has 0 heterocycles. The van der Waals surface area contributed by atoms with Crippen molar-refractivity contribution in [3.63, 3.8) is 0 Å². The molecule has 1 unspecified atom stereocenters. The first kappa shape index (κ1) is 17.4. The van der Waals surface area contributed by atoms with E-state index in [0.29, 0.717) is 12.5 Å². The lowest BCUT2D eigenvalue weighted by Gasteiger charge is -2.26. The van der Waals surface area contributed by atoms with Gasteiger partial charge in [-0.1, -0.05) is 97.1 Å². The standard InChI is InChI=1S/C29H23N/c30-19-20-11-13-21(14-12-20)23-17-25(22-7-2-1-3-8-22)28-24-9-6-10-26(24)29(27(28)18-23)15-4-5-16-29/h1-18,26H,19,30H2. The molecule has 3 aliphatic carbocycles. The molecule has 2 N–H and O–H groups in total. The zero-order valence-corrected chi connectivity index (χ0v) is 16.8. The molecule has 0 aliphatic heterocycles. The first-order valence-electron chi connectivity index (χ1n) is 10.6. The molecule has 1 heteroatoms. The summed E-state index contributed by atoms with van der Waals surface area (Å²) in [6.45, 7) is 0.570. The molecule has 0 amide bonds. The first-order valence-corrected chi connectivity index (χ1v) is 10.6. The van der Waals surface area contributed by atoms with E-state index in [1.54, 1.807) is 0 Å². The fraction of sp³-hybridized carbons (Fsp3) is 0.103. The van der Waals surface area contributed by atoms with Crippen molar-refractivity contribution in [3.8, 4) is 22.3 Å². The molecule has 0 saturated heterocycles. The maximum atomic E-state index is 5.82. The van der Waals surface area contributed by atoms with Crippen molar-refractivity contribution in [1.29, 1.82) is 0 Å². The van der Waals surface area contributed by atoms with Crippen LogP contribution < -0.4 is 5.73 Å². The summed E-state index contributed by atoms with van der Waals surface area (Å²) in [5.41, 5.74) is 16.2. The van der Waals surface area contributed by atoms with Crippen LogP contribution >= 0.6 is 0 Å². The predicted molar refractivity (Wildman–Crippen MR) is 126 cm³/mol. The summed E-state index contributed by atoms with van der Waals surface area (Å²) in [7, 11) is 0. The van der Waals surface area contributed by atoms with Gasteiger partial charge in [0.2, 0.25) is 0 Å². The van der Waals surface area contributed by atoms with Gasteiger partial charge in [-0.05, 0) is 56.6 Å². The molecule has 0 aromatic heterocycles. The summed E-state index contributed by atoms with van der Waals surface area (Å²) in [6, 6.07) is 24.2. The van der Waals surface area contributed by atoms with Gasteiger partial charge in [0.05, 0.1) is 0 Å². The van der Waals surface area contributed by atoms with E-state index in [1.807, 2.05) is 0 Å². The molecule has 0 radical (unpaired) electrons. The Kier molecular flexibility index (Phi) is 3.81. The third kappa shape index (κ3) is 2.39. The van der Waals surface area contributed by atoms with E-state index in [2.05, 4.69) is 109 Å². The van der Waals surface area contributed by atoms with E-state index in [-0.39, 0.29) is 5.41 Å². The minimum absolute atomic E-state index is 0.0785. The quantitative estimate of drug-likeness (QED) is 0.553. The summed E-state index contributed by atoms with van der Waals surface area (Å²) in [5.74, 6) is 0.375. The van der Waals surface area contributed by atoms with E-state index < -0.39 is 0 Å². The van der Waals surface area contributed by atoms with Gasteiger partial charge in [0, 0.05) is 17.9 Å². The van der Waals surface area contributed by atoms with Crippen molar-refractivity contribution in [2.45, 2.75) is 12.0 Å². The van der Waals surface area contributed by atoms with Crippen molar-refractivity contribution in [2.24, 2.45) is 11.7 Å². The molecular weight excluding hydrogens is 362 g/mol. The van der Waals surface area contributed by atoms with E-state index in [1.165, 1.54) is 39.0 Å². The van der Waals surface area contributed by atoms with Crippen LogP contribution in [0.25, 0.3) is 27.8 Å². The maximum Gasteiger partial charge on any atom is 0.0428 e. The van der Waals surface area contributed by atoms with Crippen molar-refractivity contribution >= 4 is 5.57 Å². The van der Waals surface area contributed by atoms with Crippen LogP contribution in [-0.2, 0) is 12.0 Å². The van der Waals surface area contributed by atoms with Crippen LogP contribution in [0.2, 0.25) is 0 Å². The number of hydrogen-bond acceptors (Lipinski definition) is 1. The SMILES string of the molecule is NCc1ccc(-c2cc(-c3ccccc3)c3c(c2)C2(C=CC=C2)C2C=CC=C32)cc1. The van der Waals surface area contributed by atoms with Crippen molar-refractivity contribution in [1.82, 2.24) is 0 Å². The average Bonchev–Trinajstić information content (AvgIpc) is 3.53. The van der Waals surface area contributed by atoms with E-state index in [4.69, 9.17) is 5.73 Å². The van der Waals surface area contributed by atoms with Crippen molar-refractivity contribution in [3.05, 3.63) is 126 Å². The highest BCUT2D eigenvalue weighted by Crippen LogP contribution is 2.58. The van der Waals surface area contributed by atoms with Gasteiger partial charge in [-0.15, -0.1) is 0 Å². The smallest absolute Gasteiger partial charge is 0.0428 e. The molecule has 30 heavy (non-hydrogen) atoms.